The SMILES string of the molecule is CC(C)O[PH](=O)CF. The fourth-order valence-electron chi connectivity index (χ4n) is 0.294. The molecule has 0 aromatic heterocycles. The van der Waals surface area contributed by atoms with E-state index in [0.717, 1.165) is 0 Å². The van der Waals surface area contributed by atoms with E-state index in [1.807, 2.05) is 0 Å². The van der Waals surface area contributed by atoms with Crippen LogP contribution in [0.5, 0.6) is 0 Å². The van der Waals surface area contributed by atoms with Gasteiger partial charge >= 0.3 is 0 Å². The highest BCUT2D eigenvalue weighted by atomic mass is 31.1. The summed E-state index contributed by atoms with van der Waals surface area (Å²) in [5.74, 6) is 0. The molecular weight excluding hydrogens is 130 g/mol. The molecule has 8 heavy (non-hydrogen) atoms. The van der Waals surface area contributed by atoms with Crippen LogP contribution >= 0.6 is 8.03 Å². The van der Waals surface area contributed by atoms with E-state index < -0.39 is 14.4 Å². The maximum absolute atomic E-state index is 11.4. The van der Waals surface area contributed by atoms with Crippen molar-refractivity contribution in [3.8, 4) is 0 Å². The van der Waals surface area contributed by atoms with Crippen LogP contribution in [0.2, 0.25) is 0 Å². The van der Waals surface area contributed by atoms with Crippen LogP contribution in [0.15, 0.2) is 0 Å². The van der Waals surface area contributed by atoms with E-state index >= 15 is 0 Å². The predicted molar refractivity (Wildman–Crippen MR) is 31.2 cm³/mol. The maximum Gasteiger partial charge on any atom is 0.222 e. The molecule has 0 fully saturated rings. The maximum atomic E-state index is 11.4. The van der Waals surface area contributed by atoms with Crippen LogP contribution in [-0.2, 0) is 9.09 Å². The zero-order chi connectivity index (χ0) is 6.57. The van der Waals surface area contributed by atoms with Gasteiger partial charge in [0.05, 0.1) is 6.10 Å². The lowest BCUT2D eigenvalue weighted by molar-refractivity contribution is 0.250. The van der Waals surface area contributed by atoms with E-state index in [-0.39, 0.29) is 6.10 Å². The molecule has 2 nitrogen and oxygen atoms in total. The predicted octanol–water partition coefficient (Wildman–Crippen LogP) is 1.81. The second-order valence-electron chi connectivity index (χ2n) is 1.67. The summed E-state index contributed by atoms with van der Waals surface area (Å²) < 4.78 is 26.1. The summed E-state index contributed by atoms with van der Waals surface area (Å²) in [6, 6.07) is 0. The summed E-state index contributed by atoms with van der Waals surface area (Å²) in [5.41, 5.74) is 0. The summed E-state index contributed by atoms with van der Waals surface area (Å²) in [5, 5.41) is 0. The monoisotopic (exact) mass is 140 g/mol. The Balaban J connectivity index is 3.25. The summed E-state index contributed by atoms with van der Waals surface area (Å²) in [4.78, 5) is 0. The van der Waals surface area contributed by atoms with Gasteiger partial charge in [0, 0.05) is 0 Å². The smallest absolute Gasteiger partial charge is 0.222 e. The second-order valence-corrected chi connectivity index (χ2v) is 2.92. The van der Waals surface area contributed by atoms with E-state index in [1.165, 1.54) is 0 Å². The Labute approximate surface area is 48.9 Å². The number of hydrogen-bond donors (Lipinski definition) is 0. The first-order valence-electron chi connectivity index (χ1n) is 2.42. The average molecular weight is 140 g/mol. The Morgan fingerprint density at radius 3 is 2.38 bits per heavy atom. The van der Waals surface area contributed by atoms with Crippen LogP contribution in [0.3, 0.4) is 0 Å². The van der Waals surface area contributed by atoms with Gasteiger partial charge in [-0.2, -0.15) is 0 Å². The van der Waals surface area contributed by atoms with Crippen molar-refractivity contribution in [3.63, 3.8) is 0 Å². The minimum absolute atomic E-state index is 0.128. The van der Waals surface area contributed by atoms with Crippen LogP contribution in [0.4, 0.5) is 4.39 Å². The van der Waals surface area contributed by atoms with Gasteiger partial charge in [-0.3, -0.25) is 4.57 Å². The molecule has 4 heteroatoms. The van der Waals surface area contributed by atoms with Crippen LogP contribution < -0.4 is 0 Å². The van der Waals surface area contributed by atoms with Gasteiger partial charge in [-0.05, 0) is 13.8 Å². The van der Waals surface area contributed by atoms with Gasteiger partial charge in [0.15, 0.2) is 6.42 Å². The lowest BCUT2D eigenvalue weighted by atomic mass is 10.5. The minimum atomic E-state index is -2.35. The second kappa shape index (κ2) is 4.04. The molecule has 0 aliphatic rings. The van der Waals surface area contributed by atoms with Gasteiger partial charge < -0.3 is 4.52 Å². The molecule has 0 aromatic rings. The largest absolute Gasteiger partial charge is 0.326 e. The fraction of sp³-hybridized carbons (Fsp3) is 1.00. The first-order valence-corrected chi connectivity index (χ1v) is 3.94. The highest BCUT2D eigenvalue weighted by molar-refractivity contribution is 7.38. The molecule has 0 radical (unpaired) electrons. The molecule has 0 spiro atoms. The van der Waals surface area contributed by atoms with Crippen molar-refractivity contribution in [2.75, 3.05) is 6.42 Å². The summed E-state index contributed by atoms with van der Waals surface area (Å²) in [6.07, 6.45) is -0.972. The molecule has 50 valence electrons. The van der Waals surface area contributed by atoms with Crippen molar-refractivity contribution in [2.45, 2.75) is 20.0 Å². The average Bonchev–Trinajstić information content (AvgIpc) is 1.65. The molecule has 1 unspecified atom stereocenters. The van der Waals surface area contributed by atoms with E-state index in [4.69, 9.17) is 0 Å². The molecule has 0 saturated carbocycles. The third-order valence-corrected chi connectivity index (χ3v) is 1.43. The molecule has 0 N–H and O–H groups in total. The number of hydrogen-bond acceptors (Lipinski definition) is 2. The molecule has 0 amide bonds. The van der Waals surface area contributed by atoms with Crippen LogP contribution in [-0.4, -0.2) is 12.5 Å². The topological polar surface area (TPSA) is 26.3 Å². The van der Waals surface area contributed by atoms with Crippen molar-refractivity contribution in [2.24, 2.45) is 0 Å². The summed E-state index contributed by atoms with van der Waals surface area (Å²) in [6.45, 7) is 3.44. The van der Waals surface area contributed by atoms with E-state index in [2.05, 4.69) is 4.52 Å². The van der Waals surface area contributed by atoms with Gasteiger partial charge in [0.2, 0.25) is 8.03 Å². The standard InChI is InChI=1S/C4H10FO2P/c1-4(2)7-8(6)3-5/h4,8H,3H2,1-2H3. The molecule has 0 saturated heterocycles. The number of rotatable bonds is 3. The van der Waals surface area contributed by atoms with Gasteiger partial charge in [0.1, 0.15) is 0 Å². The summed E-state index contributed by atoms with van der Waals surface area (Å²) in [7, 11) is -2.35. The molecular formula is C4H10FO2P. The fourth-order valence-corrected chi connectivity index (χ4v) is 0.883. The third-order valence-electron chi connectivity index (χ3n) is 0.476. The van der Waals surface area contributed by atoms with E-state index in [0.29, 0.717) is 0 Å². The molecule has 0 aliphatic carbocycles. The Bertz CT molecular complexity index is 84.1. The molecule has 0 heterocycles. The lowest BCUT2D eigenvalue weighted by Gasteiger charge is -2.02. The van der Waals surface area contributed by atoms with E-state index in [9.17, 15) is 8.96 Å². The number of alkyl halides is 1. The van der Waals surface area contributed by atoms with Gasteiger partial charge in [0.25, 0.3) is 0 Å². The third kappa shape index (κ3) is 4.28. The highest BCUT2D eigenvalue weighted by Gasteiger charge is 1.99. The Morgan fingerprint density at radius 2 is 2.25 bits per heavy atom. The lowest BCUT2D eigenvalue weighted by Crippen LogP contribution is -1.94. The highest BCUT2D eigenvalue weighted by Crippen LogP contribution is 2.23. The van der Waals surface area contributed by atoms with Crippen molar-refractivity contribution in [3.05, 3.63) is 0 Å². The van der Waals surface area contributed by atoms with Crippen molar-refractivity contribution < 1.29 is 13.5 Å². The first-order chi connectivity index (χ1) is 3.66. The Kier molecular flexibility index (Phi) is 4.11. The molecule has 1 atom stereocenters. The quantitative estimate of drug-likeness (QED) is 0.559. The minimum Gasteiger partial charge on any atom is -0.326 e. The van der Waals surface area contributed by atoms with E-state index in [1.54, 1.807) is 13.8 Å². The molecule has 0 aliphatic heterocycles. The van der Waals surface area contributed by atoms with Crippen LogP contribution in [0.1, 0.15) is 13.8 Å². The normalized spacial score (nSPS) is 14.5. The molecule has 0 rings (SSSR count). The van der Waals surface area contributed by atoms with Gasteiger partial charge in [-0.1, -0.05) is 0 Å². The number of halogens is 1. The summed E-state index contributed by atoms with van der Waals surface area (Å²) >= 11 is 0. The first kappa shape index (κ1) is 8.12. The van der Waals surface area contributed by atoms with Crippen molar-refractivity contribution in [1.29, 1.82) is 0 Å². The molecule has 0 aromatic carbocycles. The molecule has 0 bridgehead atoms. The zero-order valence-electron chi connectivity index (χ0n) is 4.98. The van der Waals surface area contributed by atoms with Crippen LogP contribution in [0, 0.1) is 0 Å². The van der Waals surface area contributed by atoms with Crippen molar-refractivity contribution in [1.82, 2.24) is 0 Å². The van der Waals surface area contributed by atoms with Crippen LogP contribution in [0.25, 0.3) is 0 Å². The Morgan fingerprint density at radius 1 is 1.75 bits per heavy atom. The van der Waals surface area contributed by atoms with Crippen molar-refractivity contribution >= 4 is 8.03 Å². The van der Waals surface area contributed by atoms with Gasteiger partial charge in [-0.25, -0.2) is 4.39 Å². The Hall–Kier alpha value is 0.120. The zero-order valence-corrected chi connectivity index (χ0v) is 5.98. The van der Waals surface area contributed by atoms with Gasteiger partial charge in [-0.15, -0.1) is 0 Å².